The fraction of sp³-hybridized carbons (Fsp3) is 0.667. The number of H-pyrrole nitrogens is 1. The molecule has 2 heterocycles. The van der Waals surface area contributed by atoms with Gasteiger partial charge in [0.05, 0.1) is 6.33 Å². The molecule has 0 aliphatic carbocycles. The summed E-state index contributed by atoms with van der Waals surface area (Å²) >= 11 is 3.32. The van der Waals surface area contributed by atoms with E-state index in [2.05, 4.69) is 43.0 Å². The monoisotopic (exact) mass is 314 g/mol. The molecule has 0 amide bonds. The van der Waals surface area contributed by atoms with E-state index in [0.29, 0.717) is 10.5 Å². The lowest BCUT2D eigenvalue weighted by atomic mass is 10.0. The number of anilines is 1. The Balaban J connectivity index is 2.12. The average molecular weight is 315 g/mol. The molecule has 1 saturated heterocycles. The van der Waals surface area contributed by atoms with Crippen LogP contribution < -0.4 is 15.8 Å². The van der Waals surface area contributed by atoms with Gasteiger partial charge in [0.2, 0.25) is 0 Å². The summed E-state index contributed by atoms with van der Waals surface area (Å²) in [5, 5.41) is 3.52. The molecule has 1 atom stereocenters. The van der Waals surface area contributed by atoms with Crippen molar-refractivity contribution in [1.29, 1.82) is 0 Å². The van der Waals surface area contributed by atoms with Gasteiger partial charge in [-0.3, -0.25) is 4.79 Å². The van der Waals surface area contributed by atoms with Crippen molar-refractivity contribution in [3.8, 4) is 0 Å². The molecule has 1 aromatic rings. The number of aromatic amines is 1. The number of rotatable bonds is 4. The highest BCUT2D eigenvalue weighted by molar-refractivity contribution is 9.10. The number of nitrogens with zero attached hydrogens (tertiary/aromatic N) is 2. The fourth-order valence-electron chi connectivity index (χ4n) is 2.31. The highest BCUT2D eigenvalue weighted by Gasteiger charge is 2.19. The molecule has 6 heteroatoms. The quantitative estimate of drug-likeness (QED) is 0.884. The lowest BCUT2D eigenvalue weighted by molar-refractivity contribution is 0.399. The van der Waals surface area contributed by atoms with Gasteiger partial charge in [-0.15, -0.1) is 0 Å². The average Bonchev–Trinajstić information content (AvgIpc) is 2.41. The van der Waals surface area contributed by atoms with E-state index in [0.717, 1.165) is 25.5 Å². The van der Waals surface area contributed by atoms with E-state index in [-0.39, 0.29) is 5.56 Å². The van der Waals surface area contributed by atoms with E-state index in [4.69, 9.17) is 0 Å². The summed E-state index contributed by atoms with van der Waals surface area (Å²) in [6.45, 7) is 4.91. The minimum atomic E-state index is -0.130. The summed E-state index contributed by atoms with van der Waals surface area (Å²) in [7, 11) is 0. The smallest absolute Gasteiger partial charge is 0.267 e. The normalized spacial score (nSPS) is 19.8. The van der Waals surface area contributed by atoms with Crippen molar-refractivity contribution in [3.63, 3.8) is 0 Å². The maximum atomic E-state index is 11.6. The second-order valence-corrected chi connectivity index (χ2v) is 5.35. The lowest BCUT2D eigenvalue weighted by Crippen LogP contribution is -2.44. The number of likely N-dealkylation sites (N-methyl/N-ethyl adjacent to an activating group) is 1. The second-order valence-electron chi connectivity index (χ2n) is 4.55. The van der Waals surface area contributed by atoms with E-state index in [9.17, 15) is 4.79 Å². The molecular weight excluding hydrogens is 296 g/mol. The number of piperidine rings is 1. The third-order valence-corrected chi connectivity index (χ3v) is 4.03. The van der Waals surface area contributed by atoms with Gasteiger partial charge in [0.15, 0.2) is 0 Å². The number of hydrogen-bond donors (Lipinski definition) is 2. The van der Waals surface area contributed by atoms with E-state index in [1.807, 2.05) is 0 Å². The van der Waals surface area contributed by atoms with Crippen LogP contribution in [0.2, 0.25) is 0 Å². The highest BCUT2D eigenvalue weighted by Crippen LogP contribution is 2.20. The van der Waals surface area contributed by atoms with Gasteiger partial charge < -0.3 is 15.2 Å². The van der Waals surface area contributed by atoms with Crippen LogP contribution >= 0.6 is 15.9 Å². The number of halogens is 1. The largest absolute Gasteiger partial charge is 0.354 e. The van der Waals surface area contributed by atoms with Gasteiger partial charge in [0, 0.05) is 19.1 Å². The summed E-state index contributed by atoms with van der Waals surface area (Å²) in [6, 6.07) is 0.492. The molecule has 0 spiro atoms. The van der Waals surface area contributed by atoms with Crippen molar-refractivity contribution in [2.24, 2.45) is 0 Å². The number of aromatic nitrogens is 2. The first-order valence-electron chi connectivity index (χ1n) is 6.44. The van der Waals surface area contributed by atoms with E-state index < -0.39 is 0 Å². The highest BCUT2D eigenvalue weighted by atomic mass is 79.9. The van der Waals surface area contributed by atoms with Crippen molar-refractivity contribution in [1.82, 2.24) is 15.3 Å². The molecule has 0 bridgehead atoms. The minimum absolute atomic E-state index is 0.130. The Hall–Kier alpha value is -0.880. The third kappa shape index (κ3) is 3.11. The van der Waals surface area contributed by atoms with Crippen molar-refractivity contribution >= 4 is 21.7 Å². The third-order valence-electron chi connectivity index (χ3n) is 3.31. The summed E-state index contributed by atoms with van der Waals surface area (Å²) in [5.74, 6) is 0.730. The summed E-state index contributed by atoms with van der Waals surface area (Å²) in [6.07, 6.45) is 5.19. The van der Waals surface area contributed by atoms with Crippen LogP contribution in [0.1, 0.15) is 26.2 Å². The van der Waals surface area contributed by atoms with Crippen LogP contribution in [0.4, 0.5) is 5.82 Å². The Morgan fingerprint density at radius 1 is 1.56 bits per heavy atom. The van der Waals surface area contributed by atoms with Crippen molar-refractivity contribution in [3.05, 3.63) is 21.2 Å². The molecule has 1 aliphatic rings. The Kier molecular flexibility index (Phi) is 4.77. The Morgan fingerprint density at radius 2 is 2.39 bits per heavy atom. The van der Waals surface area contributed by atoms with E-state index in [1.54, 1.807) is 0 Å². The molecule has 1 aliphatic heterocycles. The zero-order valence-corrected chi connectivity index (χ0v) is 12.2. The second kappa shape index (κ2) is 6.33. The van der Waals surface area contributed by atoms with Crippen molar-refractivity contribution in [2.75, 3.05) is 24.5 Å². The standard InChI is InChI=1S/C12H19BrN4O/c1-2-17(7-9-5-3-4-6-14-9)11-10(13)12(18)16-8-15-11/h8-9,14H,2-7H2,1H3,(H,15,16,18). The van der Waals surface area contributed by atoms with Gasteiger partial charge in [0.25, 0.3) is 5.56 Å². The van der Waals surface area contributed by atoms with Gasteiger partial charge in [-0.2, -0.15) is 0 Å². The zero-order valence-electron chi connectivity index (χ0n) is 10.6. The fourth-order valence-corrected chi connectivity index (χ4v) is 2.77. The number of hydrogen-bond acceptors (Lipinski definition) is 4. The molecule has 0 aromatic carbocycles. The number of nitrogens with one attached hydrogen (secondary N) is 2. The predicted octanol–water partition coefficient (Wildman–Crippen LogP) is 1.50. The molecule has 100 valence electrons. The van der Waals surface area contributed by atoms with Crippen LogP contribution in [0.15, 0.2) is 15.6 Å². The summed E-state index contributed by atoms with van der Waals surface area (Å²) < 4.78 is 0.516. The predicted molar refractivity (Wildman–Crippen MR) is 76.1 cm³/mol. The van der Waals surface area contributed by atoms with Crippen molar-refractivity contribution in [2.45, 2.75) is 32.2 Å². The van der Waals surface area contributed by atoms with Crippen LogP contribution in [0.5, 0.6) is 0 Å². The van der Waals surface area contributed by atoms with E-state index in [1.165, 1.54) is 25.6 Å². The Labute approximate surface area is 115 Å². The molecule has 5 nitrogen and oxygen atoms in total. The first-order chi connectivity index (χ1) is 8.72. The molecule has 0 saturated carbocycles. The van der Waals surface area contributed by atoms with Gasteiger partial charge >= 0.3 is 0 Å². The molecule has 2 rings (SSSR count). The topological polar surface area (TPSA) is 61.0 Å². The minimum Gasteiger partial charge on any atom is -0.354 e. The maximum Gasteiger partial charge on any atom is 0.267 e. The Morgan fingerprint density at radius 3 is 3.06 bits per heavy atom. The van der Waals surface area contributed by atoms with Crippen LogP contribution in [-0.2, 0) is 0 Å². The molecule has 0 radical (unpaired) electrons. The van der Waals surface area contributed by atoms with Crippen molar-refractivity contribution < 1.29 is 0 Å². The SMILES string of the molecule is CCN(CC1CCCCN1)c1nc[nH]c(=O)c1Br. The van der Waals surface area contributed by atoms with E-state index >= 15 is 0 Å². The summed E-state index contributed by atoms with van der Waals surface area (Å²) in [4.78, 5) is 20.5. The van der Waals surface area contributed by atoms with Crippen LogP contribution in [0, 0.1) is 0 Å². The maximum absolute atomic E-state index is 11.6. The molecule has 1 fully saturated rings. The van der Waals surface area contributed by atoms with Gasteiger partial charge in [-0.05, 0) is 42.2 Å². The van der Waals surface area contributed by atoms with Crippen LogP contribution in [0.25, 0.3) is 0 Å². The van der Waals surface area contributed by atoms with Gasteiger partial charge in [-0.1, -0.05) is 6.42 Å². The molecule has 1 aromatic heterocycles. The van der Waals surface area contributed by atoms with Gasteiger partial charge in [-0.25, -0.2) is 4.98 Å². The Bertz CT molecular complexity index is 442. The summed E-state index contributed by atoms with van der Waals surface area (Å²) in [5.41, 5.74) is -0.130. The van der Waals surface area contributed by atoms with Crippen LogP contribution in [0.3, 0.4) is 0 Å². The first-order valence-corrected chi connectivity index (χ1v) is 7.23. The molecule has 18 heavy (non-hydrogen) atoms. The molecule has 1 unspecified atom stereocenters. The first kappa shape index (κ1) is 13.5. The van der Waals surface area contributed by atoms with Crippen LogP contribution in [-0.4, -0.2) is 35.6 Å². The lowest BCUT2D eigenvalue weighted by Gasteiger charge is -2.30. The molecular formula is C12H19BrN4O. The zero-order chi connectivity index (χ0) is 13.0. The molecule has 2 N–H and O–H groups in total. The van der Waals surface area contributed by atoms with Gasteiger partial charge in [0.1, 0.15) is 10.3 Å².